The summed E-state index contributed by atoms with van der Waals surface area (Å²) in [6.07, 6.45) is 0.594. The van der Waals surface area contributed by atoms with E-state index in [9.17, 15) is 13.2 Å². The highest BCUT2D eigenvalue weighted by atomic mass is 32.2. The molecule has 1 fully saturated rings. The first-order valence-electron chi connectivity index (χ1n) is 7.77. The van der Waals surface area contributed by atoms with Gasteiger partial charge in [-0.1, -0.05) is 18.2 Å². The van der Waals surface area contributed by atoms with Crippen LogP contribution < -0.4 is 10.1 Å². The van der Waals surface area contributed by atoms with Gasteiger partial charge in [0.2, 0.25) is 0 Å². The Morgan fingerprint density at radius 3 is 2.71 bits per heavy atom. The summed E-state index contributed by atoms with van der Waals surface area (Å²) in [4.78, 5) is 12.1. The molecule has 0 aliphatic carbocycles. The first kappa shape index (κ1) is 16.6. The van der Waals surface area contributed by atoms with Gasteiger partial charge in [-0.15, -0.1) is 0 Å². The average molecular weight is 349 g/mol. The zero-order valence-corrected chi connectivity index (χ0v) is 13.9. The number of hydrogen-bond acceptors (Lipinski definition) is 5. The van der Waals surface area contributed by atoms with Crippen molar-refractivity contribution in [1.82, 2.24) is 5.32 Å². The minimum Gasteiger partial charge on any atom is -0.486 e. The van der Waals surface area contributed by atoms with E-state index in [2.05, 4.69) is 5.32 Å². The van der Waals surface area contributed by atoms with Gasteiger partial charge < -0.3 is 14.5 Å². The third-order valence-electron chi connectivity index (χ3n) is 3.89. The van der Waals surface area contributed by atoms with Gasteiger partial charge in [-0.05, 0) is 36.6 Å². The number of sulfone groups is 1. The van der Waals surface area contributed by atoms with Crippen LogP contribution in [-0.4, -0.2) is 32.4 Å². The predicted molar refractivity (Wildman–Crippen MR) is 88.6 cm³/mol. The molecule has 2 aromatic rings. The van der Waals surface area contributed by atoms with Crippen LogP contribution in [0.15, 0.2) is 46.9 Å². The summed E-state index contributed by atoms with van der Waals surface area (Å²) in [7, 11) is -2.93. The Morgan fingerprint density at radius 2 is 2.00 bits per heavy atom. The van der Waals surface area contributed by atoms with E-state index in [-0.39, 0.29) is 35.7 Å². The lowest BCUT2D eigenvalue weighted by Crippen LogP contribution is -2.29. The Kier molecular flexibility index (Phi) is 4.89. The molecule has 0 spiro atoms. The van der Waals surface area contributed by atoms with Crippen LogP contribution in [0.5, 0.6) is 5.75 Å². The fourth-order valence-corrected chi connectivity index (χ4v) is 4.47. The highest BCUT2D eigenvalue weighted by Crippen LogP contribution is 2.18. The highest BCUT2D eigenvalue weighted by Gasteiger charge is 2.28. The van der Waals surface area contributed by atoms with Crippen molar-refractivity contribution in [2.75, 3.05) is 18.1 Å². The van der Waals surface area contributed by atoms with Crippen LogP contribution in [0.25, 0.3) is 0 Å². The van der Waals surface area contributed by atoms with Crippen LogP contribution in [0, 0.1) is 5.92 Å². The average Bonchev–Trinajstić information content (AvgIpc) is 3.18. The summed E-state index contributed by atoms with van der Waals surface area (Å²) in [5, 5.41) is 2.73. The summed E-state index contributed by atoms with van der Waals surface area (Å²) >= 11 is 0. The van der Waals surface area contributed by atoms with Crippen molar-refractivity contribution in [3.05, 3.63) is 54.0 Å². The van der Waals surface area contributed by atoms with Crippen molar-refractivity contribution in [3.63, 3.8) is 0 Å². The monoisotopic (exact) mass is 349 g/mol. The summed E-state index contributed by atoms with van der Waals surface area (Å²) < 4.78 is 33.8. The van der Waals surface area contributed by atoms with E-state index in [0.29, 0.717) is 18.7 Å². The predicted octanol–water partition coefficient (Wildman–Crippen LogP) is 2.02. The number of rotatable bonds is 6. The van der Waals surface area contributed by atoms with Gasteiger partial charge in [0.25, 0.3) is 5.91 Å². The molecular formula is C17H19NO5S. The fraction of sp³-hybridized carbons (Fsp3) is 0.353. The molecule has 128 valence electrons. The maximum atomic E-state index is 12.1. The summed E-state index contributed by atoms with van der Waals surface area (Å²) in [5.74, 6) is 1.45. The molecule has 3 rings (SSSR count). The normalized spacial score (nSPS) is 19.1. The Hall–Kier alpha value is -2.28. The van der Waals surface area contributed by atoms with Gasteiger partial charge in [-0.3, -0.25) is 4.79 Å². The minimum absolute atomic E-state index is 0.0187. The van der Waals surface area contributed by atoms with Crippen molar-refractivity contribution >= 4 is 15.7 Å². The molecule has 1 amide bonds. The number of furan rings is 1. The first-order chi connectivity index (χ1) is 11.5. The van der Waals surface area contributed by atoms with E-state index < -0.39 is 9.84 Å². The molecule has 1 aromatic carbocycles. The molecule has 1 aromatic heterocycles. The molecule has 1 aliphatic heterocycles. The fourth-order valence-electron chi connectivity index (χ4n) is 2.61. The molecule has 6 nitrogen and oxygen atoms in total. The molecule has 0 unspecified atom stereocenters. The van der Waals surface area contributed by atoms with Crippen molar-refractivity contribution in [2.24, 2.45) is 5.92 Å². The smallest absolute Gasteiger partial charge is 0.287 e. The summed E-state index contributed by atoms with van der Waals surface area (Å²) in [6.45, 7) is 0.576. The Balaban J connectivity index is 1.48. The van der Waals surface area contributed by atoms with Crippen LogP contribution in [0.2, 0.25) is 0 Å². The molecular weight excluding hydrogens is 330 g/mol. The second-order valence-corrected chi connectivity index (χ2v) is 8.08. The van der Waals surface area contributed by atoms with Gasteiger partial charge in [0.05, 0.1) is 11.5 Å². The number of hydrogen-bond donors (Lipinski definition) is 1. The van der Waals surface area contributed by atoms with Crippen molar-refractivity contribution in [3.8, 4) is 5.75 Å². The second kappa shape index (κ2) is 7.09. The van der Waals surface area contributed by atoms with Crippen molar-refractivity contribution in [2.45, 2.75) is 13.0 Å². The largest absolute Gasteiger partial charge is 0.486 e. The van der Waals surface area contributed by atoms with Crippen LogP contribution in [0.3, 0.4) is 0 Å². The number of para-hydroxylation sites is 1. The van der Waals surface area contributed by atoms with E-state index >= 15 is 0 Å². The van der Waals surface area contributed by atoms with Crippen LogP contribution in [-0.2, 0) is 16.4 Å². The molecule has 1 N–H and O–H groups in total. The van der Waals surface area contributed by atoms with E-state index in [1.807, 2.05) is 30.3 Å². The third kappa shape index (κ3) is 4.38. The maximum absolute atomic E-state index is 12.1. The van der Waals surface area contributed by atoms with Crippen LogP contribution >= 0.6 is 0 Å². The lowest BCUT2D eigenvalue weighted by Gasteiger charge is -2.08. The van der Waals surface area contributed by atoms with E-state index in [1.54, 1.807) is 12.1 Å². The summed E-state index contributed by atoms with van der Waals surface area (Å²) in [5.41, 5.74) is 0. The van der Waals surface area contributed by atoms with Gasteiger partial charge in [0.15, 0.2) is 15.6 Å². The SMILES string of the molecule is O=C(NC[C@@H]1CCS(=O)(=O)C1)c1ccc(COc2ccccc2)o1. The molecule has 1 saturated heterocycles. The number of carbonyl (C=O) groups is 1. The molecule has 0 radical (unpaired) electrons. The van der Waals surface area contributed by atoms with E-state index in [1.165, 1.54) is 0 Å². The van der Waals surface area contributed by atoms with Gasteiger partial charge in [0, 0.05) is 6.54 Å². The Labute approximate surface area is 140 Å². The standard InChI is InChI=1S/C17H19NO5S/c19-17(18-10-13-8-9-24(20,21)12-13)16-7-6-15(23-16)11-22-14-4-2-1-3-5-14/h1-7,13H,8-12H2,(H,18,19)/t13-/m0/s1. The van der Waals surface area contributed by atoms with Crippen LogP contribution in [0.4, 0.5) is 0 Å². The number of amides is 1. The lowest BCUT2D eigenvalue weighted by atomic mass is 10.1. The molecule has 0 bridgehead atoms. The zero-order chi connectivity index (χ0) is 17.0. The number of ether oxygens (including phenoxy) is 1. The molecule has 0 saturated carbocycles. The Morgan fingerprint density at radius 1 is 1.21 bits per heavy atom. The maximum Gasteiger partial charge on any atom is 0.287 e. The third-order valence-corrected chi connectivity index (χ3v) is 5.72. The van der Waals surface area contributed by atoms with Gasteiger partial charge >= 0.3 is 0 Å². The van der Waals surface area contributed by atoms with Gasteiger partial charge in [-0.25, -0.2) is 8.42 Å². The minimum atomic E-state index is -2.93. The first-order valence-corrected chi connectivity index (χ1v) is 9.59. The number of benzene rings is 1. The van der Waals surface area contributed by atoms with Crippen LogP contribution in [0.1, 0.15) is 22.7 Å². The topological polar surface area (TPSA) is 85.6 Å². The van der Waals surface area contributed by atoms with E-state index in [4.69, 9.17) is 9.15 Å². The summed E-state index contributed by atoms with van der Waals surface area (Å²) in [6, 6.07) is 12.6. The quantitative estimate of drug-likeness (QED) is 0.862. The lowest BCUT2D eigenvalue weighted by molar-refractivity contribution is 0.0916. The van der Waals surface area contributed by atoms with Gasteiger partial charge in [0.1, 0.15) is 18.1 Å². The van der Waals surface area contributed by atoms with Crippen molar-refractivity contribution < 1.29 is 22.4 Å². The molecule has 1 atom stereocenters. The number of nitrogens with one attached hydrogen (secondary N) is 1. The second-order valence-electron chi connectivity index (χ2n) is 5.85. The number of carbonyl (C=O) groups excluding carboxylic acids is 1. The van der Waals surface area contributed by atoms with Crippen molar-refractivity contribution in [1.29, 1.82) is 0 Å². The zero-order valence-electron chi connectivity index (χ0n) is 13.1. The molecule has 7 heteroatoms. The van der Waals surface area contributed by atoms with Gasteiger partial charge in [-0.2, -0.15) is 0 Å². The van der Waals surface area contributed by atoms with E-state index in [0.717, 1.165) is 5.75 Å². The Bertz CT molecular complexity index is 797. The molecule has 2 heterocycles. The molecule has 1 aliphatic rings. The molecule has 24 heavy (non-hydrogen) atoms. The highest BCUT2D eigenvalue weighted by molar-refractivity contribution is 7.91.